The summed E-state index contributed by atoms with van der Waals surface area (Å²) < 4.78 is 13.3. The van der Waals surface area contributed by atoms with Crippen LogP contribution < -0.4 is 5.73 Å². The second kappa shape index (κ2) is 4.53. The number of nitrogens with two attached hydrogens (primary N) is 1. The lowest BCUT2D eigenvalue weighted by atomic mass is 9.98. The molecule has 0 bridgehead atoms. The SMILES string of the molecule is CC(C)c1cc(C(O)CN)ccc1F. The minimum Gasteiger partial charge on any atom is -0.387 e. The van der Waals surface area contributed by atoms with E-state index in [1.165, 1.54) is 6.07 Å². The third-order valence-corrected chi connectivity index (χ3v) is 2.25. The van der Waals surface area contributed by atoms with Crippen molar-refractivity contribution < 1.29 is 9.50 Å². The van der Waals surface area contributed by atoms with E-state index in [9.17, 15) is 9.50 Å². The summed E-state index contributed by atoms with van der Waals surface area (Å²) in [6.07, 6.45) is -0.701. The second-order valence-electron chi connectivity index (χ2n) is 3.69. The molecule has 0 saturated heterocycles. The molecule has 0 spiro atoms. The number of halogens is 1. The molecule has 0 aliphatic heterocycles. The number of aliphatic hydroxyl groups excluding tert-OH is 1. The molecular formula is C11H16FNO. The maximum absolute atomic E-state index is 13.3. The molecule has 3 N–H and O–H groups in total. The monoisotopic (exact) mass is 197 g/mol. The first-order valence-corrected chi connectivity index (χ1v) is 4.73. The van der Waals surface area contributed by atoms with E-state index in [1.54, 1.807) is 12.1 Å². The van der Waals surface area contributed by atoms with Crippen LogP contribution in [0.1, 0.15) is 37.0 Å². The Morgan fingerprint density at radius 1 is 1.43 bits per heavy atom. The molecule has 78 valence electrons. The molecule has 2 nitrogen and oxygen atoms in total. The Balaban J connectivity index is 3.06. The van der Waals surface area contributed by atoms with Gasteiger partial charge >= 0.3 is 0 Å². The molecule has 0 fully saturated rings. The van der Waals surface area contributed by atoms with Crippen LogP contribution in [0, 0.1) is 5.82 Å². The fourth-order valence-electron chi connectivity index (χ4n) is 1.35. The largest absolute Gasteiger partial charge is 0.387 e. The molecule has 0 radical (unpaired) electrons. The van der Waals surface area contributed by atoms with Crippen LogP contribution in [0.2, 0.25) is 0 Å². The standard InChI is InChI=1S/C11H16FNO/c1-7(2)9-5-8(11(14)6-13)3-4-10(9)12/h3-5,7,11,14H,6,13H2,1-2H3. The lowest BCUT2D eigenvalue weighted by Crippen LogP contribution is -2.12. The highest BCUT2D eigenvalue weighted by Gasteiger charge is 2.11. The van der Waals surface area contributed by atoms with Gasteiger partial charge in [-0.05, 0) is 29.2 Å². The third kappa shape index (κ3) is 2.30. The Bertz CT molecular complexity index is 312. The highest BCUT2D eigenvalue weighted by molar-refractivity contribution is 5.28. The van der Waals surface area contributed by atoms with E-state index in [2.05, 4.69) is 0 Å². The molecule has 0 saturated carbocycles. The molecule has 1 atom stereocenters. The summed E-state index contributed by atoms with van der Waals surface area (Å²) in [5, 5.41) is 9.48. The van der Waals surface area contributed by atoms with Crippen LogP contribution >= 0.6 is 0 Å². The summed E-state index contributed by atoms with van der Waals surface area (Å²) in [6, 6.07) is 4.62. The zero-order valence-electron chi connectivity index (χ0n) is 8.50. The van der Waals surface area contributed by atoms with Gasteiger partial charge in [-0.25, -0.2) is 4.39 Å². The van der Waals surface area contributed by atoms with Gasteiger partial charge in [0.2, 0.25) is 0 Å². The van der Waals surface area contributed by atoms with E-state index in [1.807, 2.05) is 13.8 Å². The number of aliphatic hydroxyl groups is 1. The van der Waals surface area contributed by atoms with Gasteiger partial charge in [0, 0.05) is 6.54 Å². The van der Waals surface area contributed by atoms with Gasteiger partial charge < -0.3 is 10.8 Å². The smallest absolute Gasteiger partial charge is 0.126 e. The molecular weight excluding hydrogens is 181 g/mol. The van der Waals surface area contributed by atoms with Gasteiger partial charge in [-0.1, -0.05) is 19.9 Å². The molecule has 1 aromatic rings. The number of benzene rings is 1. The Labute approximate surface area is 83.6 Å². The molecule has 14 heavy (non-hydrogen) atoms. The number of rotatable bonds is 3. The van der Waals surface area contributed by atoms with Crippen molar-refractivity contribution in [1.29, 1.82) is 0 Å². The van der Waals surface area contributed by atoms with E-state index in [4.69, 9.17) is 5.73 Å². The third-order valence-electron chi connectivity index (χ3n) is 2.25. The molecule has 3 heteroatoms. The van der Waals surface area contributed by atoms with E-state index < -0.39 is 6.10 Å². The van der Waals surface area contributed by atoms with Crippen molar-refractivity contribution in [3.05, 3.63) is 35.1 Å². The average Bonchev–Trinajstić information content (AvgIpc) is 2.17. The highest BCUT2D eigenvalue weighted by Crippen LogP contribution is 2.22. The molecule has 0 aliphatic rings. The predicted octanol–water partition coefficient (Wildman–Crippen LogP) is 1.94. The minimum absolute atomic E-state index is 0.111. The van der Waals surface area contributed by atoms with Crippen LogP contribution in [0.3, 0.4) is 0 Å². The van der Waals surface area contributed by atoms with Crippen molar-refractivity contribution in [3.63, 3.8) is 0 Å². The first kappa shape index (κ1) is 11.1. The molecule has 0 heterocycles. The second-order valence-corrected chi connectivity index (χ2v) is 3.69. The number of hydrogen-bond donors (Lipinski definition) is 2. The summed E-state index contributed by atoms with van der Waals surface area (Å²) in [5.74, 6) is -0.118. The first-order valence-electron chi connectivity index (χ1n) is 4.73. The molecule has 1 unspecified atom stereocenters. The van der Waals surface area contributed by atoms with Gasteiger partial charge in [0.25, 0.3) is 0 Å². The summed E-state index contributed by atoms with van der Waals surface area (Å²) in [4.78, 5) is 0. The summed E-state index contributed by atoms with van der Waals surface area (Å²) in [6.45, 7) is 3.98. The average molecular weight is 197 g/mol. The van der Waals surface area contributed by atoms with Gasteiger partial charge in [-0.3, -0.25) is 0 Å². The van der Waals surface area contributed by atoms with Gasteiger partial charge in [-0.2, -0.15) is 0 Å². The van der Waals surface area contributed by atoms with Crippen LogP contribution in [0.15, 0.2) is 18.2 Å². The van der Waals surface area contributed by atoms with Crippen LogP contribution in [-0.4, -0.2) is 11.7 Å². The van der Waals surface area contributed by atoms with Crippen LogP contribution in [0.25, 0.3) is 0 Å². The maximum Gasteiger partial charge on any atom is 0.126 e. The maximum atomic E-state index is 13.3. The first-order chi connectivity index (χ1) is 6.56. The zero-order chi connectivity index (χ0) is 10.7. The normalized spacial score (nSPS) is 13.3. The van der Waals surface area contributed by atoms with Crippen LogP contribution in [0.5, 0.6) is 0 Å². The molecule has 0 aliphatic carbocycles. The van der Waals surface area contributed by atoms with Crippen LogP contribution in [0.4, 0.5) is 4.39 Å². The molecule has 0 amide bonds. The predicted molar refractivity (Wildman–Crippen MR) is 54.5 cm³/mol. The topological polar surface area (TPSA) is 46.2 Å². The Morgan fingerprint density at radius 3 is 2.57 bits per heavy atom. The van der Waals surface area contributed by atoms with Crippen molar-refractivity contribution in [2.24, 2.45) is 5.73 Å². The Hall–Kier alpha value is -0.930. The summed E-state index contributed by atoms with van der Waals surface area (Å²) >= 11 is 0. The molecule has 1 rings (SSSR count). The quantitative estimate of drug-likeness (QED) is 0.777. The van der Waals surface area contributed by atoms with Crippen molar-refractivity contribution in [1.82, 2.24) is 0 Å². The van der Waals surface area contributed by atoms with Gasteiger partial charge in [0.1, 0.15) is 5.82 Å². The van der Waals surface area contributed by atoms with E-state index in [-0.39, 0.29) is 18.3 Å². The minimum atomic E-state index is -0.701. The summed E-state index contributed by atoms with van der Waals surface area (Å²) in [7, 11) is 0. The fraction of sp³-hybridized carbons (Fsp3) is 0.455. The van der Waals surface area contributed by atoms with E-state index >= 15 is 0 Å². The Morgan fingerprint density at radius 2 is 2.07 bits per heavy atom. The summed E-state index contributed by atoms with van der Waals surface area (Å²) in [5.41, 5.74) is 6.62. The van der Waals surface area contributed by atoms with Crippen molar-refractivity contribution in [2.75, 3.05) is 6.54 Å². The van der Waals surface area contributed by atoms with Gasteiger partial charge in [-0.15, -0.1) is 0 Å². The van der Waals surface area contributed by atoms with Crippen molar-refractivity contribution in [2.45, 2.75) is 25.9 Å². The highest BCUT2D eigenvalue weighted by atomic mass is 19.1. The zero-order valence-corrected chi connectivity index (χ0v) is 8.50. The van der Waals surface area contributed by atoms with Crippen LogP contribution in [-0.2, 0) is 0 Å². The van der Waals surface area contributed by atoms with Gasteiger partial charge in [0.05, 0.1) is 6.10 Å². The lowest BCUT2D eigenvalue weighted by molar-refractivity contribution is 0.186. The van der Waals surface area contributed by atoms with Crippen molar-refractivity contribution in [3.8, 4) is 0 Å². The van der Waals surface area contributed by atoms with Gasteiger partial charge in [0.15, 0.2) is 0 Å². The molecule has 1 aromatic carbocycles. The van der Waals surface area contributed by atoms with E-state index in [0.717, 1.165) is 0 Å². The fourth-order valence-corrected chi connectivity index (χ4v) is 1.35. The number of hydrogen-bond acceptors (Lipinski definition) is 2. The Kier molecular flexibility index (Phi) is 3.61. The molecule has 0 aromatic heterocycles. The van der Waals surface area contributed by atoms with E-state index in [0.29, 0.717) is 11.1 Å². The lowest BCUT2D eigenvalue weighted by Gasteiger charge is -2.12. The van der Waals surface area contributed by atoms with Crippen molar-refractivity contribution >= 4 is 0 Å².